The number of anilines is 1. The van der Waals surface area contributed by atoms with Crippen molar-refractivity contribution in [2.45, 2.75) is 43.7 Å². The highest BCUT2D eigenvalue weighted by Crippen LogP contribution is 2.21. The molecule has 3 aromatic rings. The number of rotatable bonds is 8. The highest BCUT2D eigenvalue weighted by atomic mass is 32.2. The third-order valence-electron chi connectivity index (χ3n) is 4.31. The smallest absolute Gasteiger partial charge is 0.251 e. The second kappa shape index (κ2) is 10.8. The van der Waals surface area contributed by atoms with E-state index in [-0.39, 0.29) is 11.4 Å². The summed E-state index contributed by atoms with van der Waals surface area (Å²) in [7, 11) is 0. The van der Waals surface area contributed by atoms with Crippen molar-refractivity contribution in [3.8, 4) is 0 Å². The zero-order valence-electron chi connectivity index (χ0n) is 18.1. The number of benzene rings is 2. The number of hydrogen-bond donors (Lipinski definition) is 3. The molecule has 0 saturated heterocycles. The molecule has 2 aromatic carbocycles. The van der Waals surface area contributed by atoms with Gasteiger partial charge in [-0.05, 0) is 92.7 Å². The Morgan fingerprint density at radius 3 is 2.31 bits per heavy atom. The predicted octanol–water partition coefficient (Wildman–Crippen LogP) is 5.26. The van der Waals surface area contributed by atoms with Gasteiger partial charge < -0.3 is 10.6 Å². The van der Waals surface area contributed by atoms with Gasteiger partial charge in [-0.3, -0.25) is 14.3 Å². The molecule has 0 fully saturated rings. The summed E-state index contributed by atoms with van der Waals surface area (Å²) in [5.74, 6) is -1.17. The Morgan fingerprint density at radius 2 is 1.72 bits per heavy atom. The minimum atomic E-state index is -0.775. The number of carbonyl (C=O) groups excluding carboxylic acids is 2. The molecule has 0 saturated carbocycles. The molecule has 5 nitrogen and oxygen atoms in total. The third kappa shape index (κ3) is 7.47. The molecule has 8 heteroatoms. The normalized spacial score (nSPS) is 12.2. The summed E-state index contributed by atoms with van der Waals surface area (Å²) in [6, 6.07) is 15.8. The predicted molar refractivity (Wildman–Crippen MR) is 129 cm³/mol. The number of nitrogens with one attached hydrogen (secondary N) is 3. The standard InChI is InChI=1S/C24H26FN3O2S2/c1-24(2,3)28-32-19-12-10-18(11-13-19)26-23(30)21(15-20-5-4-14-31-20)27-22(29)16-6-8-17(25)9-7-16/h4-14,21,28H,15H2,1-3H3,(H,26,30)(H,27,29)/t21-/m0/s1. The largest absolute Gasteiger partial charge is 0.340 e. The summed E-state index contributed by atoms with van der Waals surface area (Å²) in [5, 5.41) is 7.58. The second-order valence-corrected chi connectivity index (χ2v) is 10.2. The van der Waals surface area contributed by atoms with Crippen LogP contribution in [0.1, 0.15) is 36.0 Å². The van der Waals surface area contributed by atoms with E-state index in [4.69, 9.17) is 0 Å². The number of halogens is 1. The zero-order valence-corrected chi connectivity index (χ0v) is 19.8. The zero-order chi connectivity index (χ0) is 23.1. The monoisotopic (exact) mass is 471 g/mol. The molecule has 0 aliphatic carbocycles. The Labute approximate surface area is 196 Å². The Hall–Kier alpha value is -2.68. The maximum atomic E-state index is 13.2. The first-order valence-electron chi connectivity index (χ1n) is 10.1. The van der Waals surface area contributed by atoms with Crippen LogP contribution in [-0.4, -0.2) is 23.4 Å². The Bertz CT molecular complexity index is 1030. The summed E-state index contributed by atoms with van der Waals surface area (Å²) in [5.41, 5.74) is 0.917. The average molecular weight is 472 g/mol. The van der Waals surface area contributed by atoms with E-state index in [0.29, 0.717) is 17.7 Å². The molecule has 0 unspecified atom stereocenters. The van der Waals surface area contributed by atoms with E-state index in [1.165, 1.54) is 47.6 Å². The molecule has 3 rings (SSSR count). The van der Waals surface area contributed by atoms with E-state index in [1.54, 1.807) is 0 Å². The maximum Gasteiger partial charge on any atom is 0.251 e. The van der Waals surface area contributed by atoms with E-state index in [1.807, 2.05) is 41.8 Å². The van der Waals surface area contributed by atoms with Gasteiger partial charge in [-0.2, -0.15) is 0 Å². The first kappa shape index (κ1) is 24.0. The molecule has 0 spiro atoms. The molecule has 2 amide bonds. The van der Waals surface area contributed by atoms with E-state index in [0.717, 1.165) is 9.77 Å². The van der Waals surface area contributed by atoms with Gasteiger partial charge in [0.15, 0.2) is 0 Å². The van der Waals surface area contributed by atoms with Crippen molar-refractivity contribution < 1.29 is 14.0 Å². The summed E-state index contributed by atoms with van der Waals surface area (Å²) in [4.78, 5) is 27.6. The van der Waals surface area contributed by atoms with Crippen molar-refractivity contribution in [1.29, 1.82) is 0 Å². The van der Waals surface area contributed by atoms with Gasteiger partial charge in [-0.25, -0.2) is 4.39 Å². The highest BCUT2D eigenvalue weighted by molar-refractivity contribution is 7.97. The van der Waals surface area contributed by atoms with Gasteiger partial charge in [0.05, 0.1) is 0 Å². The van der Waals surface area contributed by atoms with Crippen molar-refractivity contribution in [2.75, 3.05) is 5.32 Å². The number of amides is 2. The van der Waals surface area contributed by atoms with E-state index in [9.17, 15) is 14.0 Å². The summed E-state index contributed by atoms with van der Waals surface area (Å²) in [6.45, 7) is 6.26. The Kier molecular flexibility index (Phi) is 8.06. The van der Waals surface area contributed by atoms with Crippen molar-refractivity contribution in [2.24, 2.45) is 0 Å². The van der Waals surface area contributed by atoms with Gasteiger partial charge in [0, 0.05) is 33.0 Å². The van der Waals surface area contributed by atoms with Crippen LogP contribution < -0.4 is 15.4 Å². The van der Waals surface area contributed by atoms with Crippen LogP contribution in [0.3, 0.4) is 0 Å². The topological polar surface area (TPSA) is 70.2 Å². The number of thiophene rings is 1. The van der Waals surface area contributed by atoms with Gasteiger partial charge in [-0.1, -0.05) is 6.07 Å². The SMILES string of the molecule is CC(C)(C)NSc1ccc(NC(=O)[C@H](Cc2cccs2)NC(=O)c2ccc(F)cc2)cc1. The lowest BCUT2D eigenvalue weighted by atomic mass is 10.1. The van der Waals surface area contributed by atoms with Crippen LogP contribution >= 0.6 is 23.3 Å². The summed E-state index contributed by atoms with van der Waals surface area (Å²) >= 11 is 3.04. The first-order chi connectivity index (χ1) is 15.2. The van der Waals surface area contributed by atoms with Gasteiger partial charge in [0.25, 0.3) is 5.91 Å². The molecular formula is C24H26FN3O2S2. The first-order valence-corrected chi connectivity index (χ1v) is 11.8. The molecule has 0 radical (unpaired) electrons. The second-order valence-electron chi connectivity index (χ2n) is 8.28. The maximum absolute atomic E-state index is 13.2. The fraction of sp³-hybridized carbons (Fsp3) is 0.250. The third-order valence-corrected chi connectivity index (χ3v) is 6.43. The van der Waals surface area contributed by atoms with Crippen LogP contribution in [0.4, 0.5) is 10.1 Å². The van der Waals surface area contributed by atoms with E-state index in [2.05, 4.69) is 36.1 Å². The fourth-order valence-electron chi connectivity index (χ4n) is 2.73. The Morgan fingerprint density at radius 1 is 1.03 bits per heavy atom. The number of carbonyl (C=O) groups is 2. The van der Waals surface area contributed by atoms with Crippen molar-refractivity contribution >= 4 is 40.8 Å². The van der Waals surface area contributed by atoms with E-state index < -0.39 is 17.8 Å². The Balaban J connectivity index is 1.68. The van der Waals surface area contributed by atoms with Crippen LogP contribution in [0.25, 0.3) is 0 Å². The lowest BCUT2D eigenvalue weighted by Gasteiger charge is -2.20. The lowest BCUT2D eigenvalue weighted by molar-refractivity contribution is -0.117. The minimum Gasteiger partial charge on any atom is -0.340 e. The van der Waals surface area contributed by atoms with Crippen LogP contribution in [0, 0.1) is 5.82 Å². The van der Waals surface area contributed by atoms with Crippen molar-refractivity contribution in [3.63, 3.8) is 0 Å². The molecule has 1 atom stereocenters. The van der Waals surface area contributed by atoms with Crippen LogP contribution in [0.5, 0.6) is 0 Å². The van der Waals surface area contributed by atoms with E-state index >= 15 is 0 Å². The minimum absolute atomic E-state index is 0.0186. The number of hydrogen-bond acceptors (Lipinski definition) is 5. The molecule has 168 valence electrons. The molecule has 32 heavy (non-hydrogen) atoms. The molecule has 3 N–H and O–H groups in total. The van der Waals surface area contributed by atoms with Crippen molar-refractivity contribution in [3.05, 3.63) is 82.3 Å². The fourth-order valence-corrected chi connectivity index (χ4v) is 4.18. The quantitative estimate of drug-likeness (QED) is 0.392. The van der Waals surface area contributed by atoms with Gasteiger partial charge in [-0.15, -0.1) is 11.3 Å². The summed E-state index contributed by atoms with van der Waals surface area (Å²) in [6.07, 6.45) is 0.361. The lowest BCUT2D eigenvalue weighted by Crippen LogP contribution is -2.45. The van der Waals surface area contributed by atoms with Crippen LogP contribution in [-0.2, 0) is 11.2 Å². The van der Waals surface area contributed by atoms with Crippen molar-refractivity contribution in [1.82, 2.24) is 10.0 Å². The molecule has 0 aliphatic rings. The molecule has 1 aromatic heterocycles. The molecule has 1 heterocycles. The van der Waals surface area contributed by atoms with Gasteiger partial charge in [0.1, 0.15) is 11.9 Å². The molecular weight excluding hydrogens is 445 g/mol. The van der Waals surface area contributed by atoms with Crippen LogP contribution in [0.15, 0.2) is 70.9 Å². The van der Waals surface area contributed by atoms with Gasteiger partial charge in [0.2, 0.25) is 5.91 Å². The summed E-state index contributed by atoms with van der Waals surface area (Å²) < 4.78 is 16.5. The van der Waals surface area contributed by atoms with Gasteiger partial charge >= 0.3 is 0 Å². The molecule has 0 aliphatic heterocycles. The average Bonchev–Trinajstić information content (AvgIpc) is 3.26. The highest BCUT2D eigenvalue weighted by Gasteiger charge is 2.23. The van der Waals surface area contributed by atoms with Crippen LogP contribution in [0.2, 0.25) is 0 Å². The molecule has 0 bridgehead atoms.